The summed E-state index contributed by atoms with van der Waals surface area (Å²) in [5.74, 6) is -0.194. The average Bonchev–Trinajstić information content (AvgIpc) is 3.18. The first-order valence-corrected chi connectivity index (χ1v) is 9.47. The Hall–Kier alpha value is -2.22. The third-order valence-corrected chi connectivity index (χ3v) is 5.45. The molecule has 1 aliphatic heterocycles. The first-order valence-electron chi connectivity index (χ1n) is 8.59. The van der Waals surface area contributed by atoms with Gasteiger partial charge in [0.2, 0.25) is 5.91 Å². The molecule has 7 heteroatoms. The second-order valence-electron chi connectivity index (χ2n) is 6.43. The Labute approximate surface area is 156 Å². The maximum Gasteiger partial charge on any atom is 0.265 e. The molecule has 2 aromatic rings. The van der Waals surface area contributed by atoms with E-state index in [-0.39, 0.29) is 11.8 Å². The van der Waals surface area contributed by atoms with Crippen LogP contribution >= 0.6 is 11.3 Å². The highest BCUT2D eigenvalue weighted by molar-refractivity contribution is 7.12. The number of anilines is 2. The van der Waals surface area contributed by atoms with Crippen molar-refractivity contribution in [3.63, 3.8) is 0 Å². The molecule has 0 spiro atoms. The predicted molar refractivity (Wildman–Crippen MR) is 104 cm³/mol. The Morgan fingerprint density at radius 1 is 1.15 bits per heavy atom. The van der Waals surface area contributed by atoms with E-state index in [1.165, 1.54) is 11.3 Å². The summed E-state index contributed by atoms with van der Waals surface area (Å²) >= 11 is 1.39. The molecule has 1 fully saturated rings. The van der Waals surface area contributed by atoms with Crippen LogP contribution in [0.25, 0.3) is 0 Å². The van der Waals surface area contributed by atoms with Crippen LogP contribution in [0.1, 0.15) is 22.5 Å². The zero-order valence-corrected chi connectivity index (χ0v) is 15.5. The number of carbonyl (C=O) groups excluding carboxylic acids is 2. The molecule has 2 heterocycles. The van der Waals surface area contributed by atoms with E-state index in [1.54, 1.807) is 25.3 Å². The van der Waals surface area contributed by atoms with E-state index in [1.807, 2.05) is 23.6 Å². The monoisotopic (exact) mass is 373 g/mol. The van der Waals surface area contributed by atoms with Gasteiger partial charge < -0.3 is 20.7 Å². The predicted octanol–water partition coefficient (Wildman–Crippen LogP) is 2.96. The quantitative estimate of drug-likeness (QED) is 0.727. The fraction of sp³-hybridized carbons (Fsp3) is 0.368. The Morgan fingerprint density at radius 3 is 2.54 bits per heavy atom. The maximum absolute atomic E-state index is 12.9. The van der Waals surface area contributed by atoms with E-state index in [9.17, 15) is 9.59 Å². The van der Waals surface area contributed by atoms with Crippen molar-refractivity contribution >= 4 is 34.5 Å². The molecule has 3 N–H and O–H groups in total. The van der Waals surface area contributed by atoms with Gasteiger partial charge in [0, 0.05) is 18.5 Å². The first kappa shape index (κ1) is 18.6. The van der Waals surface area contributed by atoms with Crippen LogP contribution in [0, 0.1) is 5.41 Å². The van der Waals surface area contributed by atoms with Crippen LogP contribution in [-0.4, -0.2) is 38.6 Å². The molecule has 138 valence electrons. The number of hydrogen-bond acceptors (Lipinski definition) is 5. The van der Waals surface area contributed by atoms with Gasteiger partial charge in [0.05, 0.1) is 16.9 Å². The maximum atomic E-state index is 12.9. The van der Waals surface area contributed by atoms with Crippen molar-refractivity contribution in [2.75, 3.05) is 37.4 Å². The summed E-state index contributed by atoms with van der Waals surface area (Å²) in [6.07, 6.45) is 1.48. The fourth-order valence-corrected chi connectivity index (χ4v) is 3.78. The number of piperidine rings is 1. The van der Waals surface area contributed by atoms with Gasteiger partial charge in [-0.25, -0.2) is 0 Å². The average molecular weight is 373 g/mol. The van der Waals surface area contributed by atoms with Crippen LogP contribution in [0.5, 0.6) is 0 Å². The van der Waals surface area contributed by atoms with Crippen LogP contribution < -0.4 is 16.0 Å². The third-order valence-electron chi connectivity index (χ3n) is 4.59. The van der Waals surface area contributed by atoms with Gasteiger partial charge in [-0.1, -0.05) is 12.1 Å². The lowest BCUT2D eigenvalue weighted by Crippen LogP contribution is -2.47. The van der Waals surface area contributed by atoms with E-state index in [0.717, 1.165) is 25.9 Å². The topological polar surface area (TPSA) is 79.5 Å². The van der Waals surface area contributed by atoms with Crippen LogP contribution in [0.15, 0.2) is 41.8 Å². The van der Waals surface area contributed by atoms with Gasteiger partial charge in [-0.2, -0.15) is 0 Å². The van der Waals surface area contributed by atoms with E-state index in [4.69, 9.17) is 4.74 Å². The number of ether oxygens (including phenoxy) is 1. The standard InChI is InChI=1S/C19H23N3O3S/c1-25-13-19(7-9-20-10-8-19)18(24)22-15-5-2-4-14(12-15)21-17(23)16-6-3-11-26-16/h2-6,11-12,20H,7-10,13H2,1H3,(H,21,23)(H,22,24). The van der Waals surface area contributed by atoms with Crippen LogP contribution in [0.3, 0.4) is 0 Å². The zero-order chi connectivity index (χ0) is 18.4. The molecule has 3 rings (SSSR count). The number of methoxy groups -OCH3 is 1. The summed E-state index contributed by atoms with van der Waals surface area (Å²) in [5.41, 5.74) is 0.788. The van der Waals surface area contributed by atoms with Crippen molar-refractivity contribution in [2.24, 2.45) is 5.41 Å². The van der Waals surface area contributed by atoms with Crippen LogP contribution in [0.2, 0.25) is 0 Å². The molecule has 0 radical (unpaired) electrons. The number of carbonyl (C=O) groups is 2. The Kier molecular flexibility index (Phi) is 6.03. The minimum Gasteiger partial charge on any atom is -0.384 e. The Balaban J connectivity index is 1.69. The number of nitrogens with one attached hydrogen (secondary N) is 3. The highest BCUT2D eigenvalue weighted by Gasteiger charge is 2.39. The summed E-state index contributed by atoms with van der Waals surface area (Å²) in [6, 6.07) is 10.8. The Bertz CT molecular complexity index is 750. The van der Waals surface area contributed by atoms with Crippen molar-refractivity contribution in [1.82, 2.24) is 5.32 Å². The number of amides is 2. The summed E-state index contributed by atoms with van der Waals surface area (Å²) in [4.78, 5) is 25.7. The van der Waals surface area contributed by atoms with Crippen LogP contribution in [0.4, 0.5) is 11.4 Å². The molecule has 26 heavy (non-hydrogen) atoms. The molecule has 0 aliphatic carbocycles. The summed E-state index contributed by atoms with van der Waals surface area (Å²) < 4.78 is 5.32. The summed E-state index contributed by atoms with van der Waals surface area (Å²) in [7, 11) is 1.62. The lowest BCUT2D eigenvalue weighted by molar-refractivity contribution is -0.130. The van der Waals surface area contributed by atoms with Crippen LogP contribution in [-0.2, 0) is 9.53 Å². The van der Waals surface area contributed by atoms with Gasteiger partial charge in [0.25, 0.3) is 5.91 Å². The van der Waals surface area contributed by atoms with Crippen molar-refractivity contribution in [3.8, 4) is 0 Å². The van der Waals surface area contributed by atoms with Gasteiger partial charge in [0.1, 0.15) is 0 Å². The number of benzene rings is 1. The lowest BCUT2D eigenvalue weighted by Gasteiger charge is -2.35. The molecule has 1 aliphatic rings. The van der Waals surface area contributed by atoms with Gasteiger partial charge in [-0.05, 0) is 55.6 Å². The largest absolute Gasteiger partial charge is 0.384 e. The van der Waals surface area contributed by atoms with Gasteiger partial charge >= 0.3 is 0 Å². The first-order chi connectivity index (χ1) is 12.6. The van der Waals surface area contributed by atoms with Crippen molar-refractivity contribution in [3.05, 3.63) is 46.7 Å². The van der Waals surface area contributed by atoms with E-state index in [0.29, 0.717) is 22.9 Å². The van der Waals surface area contributed by atoms with Crippen molar-refractivity contribution < 1.29 is 14.3 Å². The normalized spacial score (nSPS) is 16.0. The molecule has 1 aromatic carbocycles. The molecule has 0 bridgehead atoms. The highest BCUT2D eigenvalue weighted by Crippen LogP contribution is 2.31. The smallest absolute Gasteiger partial charge is 0.265 e. The Morgan fingerprint density at radius 2 is 1.88 bits per heavy atom. The fourth-order valence-electron chi connectivity index (χ4n) is 3.16. The summed E-state index contributed by atoms with van der Waals surface area (Å²) in [5, 5.41) is 11.0. The molecule has 0 unspecified atom stereocenters. The number of hydrogen-bond donors (Lipinski definition) is 3. The molecule has 6 nitrogen and oxygen atoms in total. The molecule has 2 amide bonds. The van der Waals surface area contributed by atoms with Crippen molar-refractivity contribution in [2.45, 2.75) is 12.8 Å². The number of thiophene rings is 1. The molecular weight excluding hydrogens is 350 g/mol. The lowest BCUT2D eigenvalue weighted by atomic mass is 9.78. The summed E-state index contributed by atoms with van der Waals surface area (Å²) in [6.45, 7) is 2.00. The van der Waals surface area contributed by atoms with E-state index < -0.39 is 5.41 Å². The zero-order valence-electron chi connectivity index (χ0n) is 14.7. The molecular formula is C19H23N3O3S. The van der Waals surface area contributed by atoms with Gasteiger partial charge in [-0.3, -0.25) is 9.59 Å². The second-order valence-corrected chi connectivity index (χ2v) is 7.38. The minimum atomic E-state index is -0.518. The SMILES string of the molecule is COCC1(C(=O)Nc2cccc(NC(=O)c3cccs3)c2)CCNCC1. The minimum absolute atomic E-state index is 0.0393. The molecule has 0 atom stereocenters. The van der Waals surface area contributed by atoms with Gasteiger partial charge in [-0.15, -0.1) is 11.3 Å². The second kappa shape index (κ2) is 8.44. The van der Waals surface area contributed by atoms with Crippen molar-refractivity contribution in [1.29, 1.82) is 0 Å². The van der Waals surface area contributed by atoms with Gasteiger partial charge in [0.15, 0.2) is 0 Å². The van der Waals surface area contributed by atoms with E-state index in [2.05, 4.69) is 16.0 Å². The highest BCUT2D eigenvalue weighted by atomic mass is 32.1. The molecule has 1 aromatic heterocycles. The molecule has 1 saturated heterocycles. The van der Waals surface area contributed by atoms with E-state index >= 15 is 0 Å². The third kappa shape index (κ3) is 4.30. The number of rotatable bonds is 6. The molecule has 0 saturated carbocycles.